The van der Waals surface area contributed by atoms with E-state index in [1.165, 1.54) is 0 Å². The predicted molar refractivity (Wildman–Crippen MR) is 74.2 cm³/mol. The highest BCUT2D eigenvalue weighted by Crippen LogP contribution is 2.18. The van der Waals surface area contributed by atoms with Crippen LogP contribution in [0, 0.1) is 5.92 Å². The highest BCUT2D eigenvalue weighted by molar-refractivity contribution is 6.03. The van der Waals surface area contributed by atoms with Crippen LogP contribution in [-0.4, -0.2) is 12.1 Å². The molecule has 0 radical (unpaired) electrons. The van der Waals surface area contributed by atoms with E-state index >= 15 is 0 Å². The van der Waals surface area contributed by atoms with E-state index in [9.17, 15) is 9.59 Å². The first kappa shape index (κ1) is 14.6. The van der Waals surface area contributed by atoms with Crippen molar-refractivity contribution in [3.63, 3.8) is 0 Å². The van der Waals surface area contributed by atoms with E-state index in [0.29, 0.717) is 11.1 Å². The second-order valence-corrected chi connectivity index (χ2v) is 4.82. The van der Waals surface area contributed by atoms with Gasteiger partial charge in [0.1, 0.15) is 0 Å². The maximum atomic E-state index is 12.1. The largest absolute Gasteiger partial charge is 0.298 e. The van der Waals surface area contributed by atoms with Crippen molar-refractivity contribution >= 4 is 12.1 Å². The zero-order chi connectivity index (χ0) is 13.5. The molecule has 18 heavy (non-hydrogen) atoms. The van der Waals surface area contributed by atoms with Gasteiger partial charge in [0.05, 0.1) is 0 Å². The highest BCUT2D eigenvalue weighted by atomic mass is 16.1. The van der Waals surface area contributed by atoms with Crippen LogP contribution in [0.2, 0.25) is 0 Å². The molecule has 0 aromatic heterocycles. The molecule has 1 aromatic carbocycles. The molecule has 0 fully saturated rings. The maximum absolute atomic E-state index is 12.1. The zero-order valence-corrected chi connectivity index (χ0v) is 11.5. The van der Waals surface area contributed by atoms with E-state index in [0.717, 1.165) is 37.5 Å². The lowest BCUT2D eigenvalue weighted by Crippen LogP contribution is -2.12. The van der Waals surface area contributed by atoms with Crippen LogP contribution in [0.4, 0.5) is 0 Å². The minimum atomic E-state index is -0.0230. The lowest BCUT2D eigenvalue weighted by molar-refractivity contribution is 0.0922. The van der Waals surface area contributed by atoms with Gasteiger partial charge in [0.15, 0.2) is 12.1 Å². The first-order chi connectivity index (χ1) is 8.63. The van der Waals surface area contributed by atoms with Crippen molar-refractivity contribution in [2.24, 2.45) is 5.92 Å². The minimum Gasteiger partial charge on any atom is -0.298 e. The standard InChI is InChI=1S/C16H22O2/c1-4-6-7-13-8-9-15(14(10-13)11-17)16(18)12(3)5-2/h8-12H,4-7H2,1-3H3. The van der Waals surface area contributed by atoms with Crippen molar-refractivity contribution in [2.45, 2.75) is 46.5 Å². The smallest absolute Gasteiger partial charge is 0.166 e. The molecule has 1 unspecified atom stereocenters. The molecule has 0 N–H and O–H groups in total. The molecular weight excluding hydrogens is 224 g/mol. The first-order valence-electron chi connectivity index (χ1n) is 6.76. The molecule has 2 nitrogen and oxygen atoms in total. The van der Waals surface area contributed by atoms with Gasteiger partial charge in [-0.15, -0.1) is 0 Å². The number of unbranched alkanes of at least 4 members (excludes halogenated alkanes) is 1. The minimum absolute atomic E-state index is 0.0230. The average Bonchev–Trinajstić information content (AvgIpc) is 2.42. The summed E-state index contributed by atoms with van der Waals surface area (Å²) in [6.07, 6.45) is 4.80. The molecule has 0 amide bonds. The summed E-state index contributed by atoms with van der Waals surface area (Å²) < 4.78 is 0. The summed E-state index contributed by atoms with van der Waals surface area (Å²) in [5.41, 5.74) is 2.24. The molecular formula is C16H22O2. The van der Waals surface area contributed by atoms with Crippen molar-refractivity contribution in [1.82, 2.24) is 0 Å². The highest BCUT2D eigenvalue weighted by Gasteiger charge is 2.16. The number of rotatable bonds is 7. The topological polar surface area (TPSA) is 34.1 Å². The van der Waals surface area contributed by atoms with Crippen molar-refractivity contribution in [3.05, 3.63) is 34.9 Å². The van der Waals surface area contributed by atoms with Gasteiger partial charge in [-0.25, -0.2) is 0 Å². The van der Waals surface area contributed by atoms with Crippen LogP contribution in [0.25, 0.3) is 0 Å². The third-order valence-electron chi connectivity index (χ3n) is 3.39. The van der Waals surface area contributed by atoms with Gasteiger partial charge in [0, 0.05) is 17.0 Å². The molecule has 0 saturated carbocycles. The molecule has 0 heterocycles. The second kappa shape index (κ2) is 7.10. The number of carbonyl (C=O) groups is 2. The van der Waals surface area contributed by atoms with E-state index in [4.69, 9.17) is 0 Å². The van der Waals surface area contributed by atoms with Gasteiger partial charge >= 0.3 is 0 Å². The molecule has 0 aliphatic rings. The molecule has 1 aromatic rings. The quantitative estimate of drug-likeness (QED) is 0.537. The summed E-state index contributed by atoms with van der Waals surface area (Å²) in [6.45, 7) is 6.03. The first-order valence-corrected chi connectivity index (χ1v) is 6.76. The van der Waals surface area contributed by atoms with Gasteiger partial charge in [0.25, 0.3) is 0 Å². The van der Waals surface area contributed by atoms with Gasteiger partial charge in [-0.1, -0.05) is 39.3 Å². The molecule has 0 aliphatic heterocycles. The van der Waals surface area contributed by atoms with Gasteiger partial charge in [-0.2, -0.15) is 0 Å². The number of Topliss-reactive ketones (excluding diaryl/α,β-unsaturated/α-hetero) is 1. The Balaban J connectivity index is 3.00. The number of aryl methyl sites for hydroxylation is 1. The van der Waals surface area contributed by atoms with Crippen LogP contribution >= 0.6 is 0 Å². The molecule has 0 bridgehead atoms. The van der Waals surface area contributed by atoms with Crippen molar-refractivity contribution in [1.29, 1.82) is 0 Å². The zero-order valence-electron chi connectivity index (χ0n) is 11.5. The lowest BCUT2D eigenvalue weighted by Gasteiger charge is -2.11. The van der Waals surface area contributed by atoms with Crippen LogP contribution in [0.1, 0.15) is 66.3 Å². The van der Waals surface area contributed by atoms with E-state index in [1.54, 1.807) is 0 Å². The van der Waals surface area contributed by atoms with Crippen LogP contribution < -0.4 is 0 Å². The molecule has 2 heteroatoms. The number of carbonyl (C=O) groups excluding carboxylic acids is 2. The Hall–Kier alpha value is -1.44. The Morgan fingerprint density at radius 2 is 2.06 bits per heavy atom. The number of benzene rings is 1. The normalized spacial score (nSPS) is 12.2. The second-order valence-electron chi connectivity index (χ2n) is 4.82. The molecule has 1 atom stereocenters. The average molecular weight is 246 g/mol. The molecule has 0 spiro atoms. The lowest BCUT2D eigenvalue weighted by atomic mass is 9.92. The molecule has 98 valence electrons. The number of hydrogen-bond donors (Lipinski definition) is 0. The Morgan fingerprint density at radius 1 is 1.33 bits per heavy atom. The fourth-order valence-corrected chi connectivity index (χ4v) is 1.92. The van der Waals surface area contributed by atoms with E-state index in [1.807, 2.05) is 32.0 Å². The van der Waals surface area contributed by atoms with Crippen molar-refractivity contribution in [2.75, 3.05) is 0 Å². The Labute approximate surface area is 109 Å². The monoisotopic (exact) mass is 246 g/mol. The Morgan fingerprint density at radius 3 is 2.61 bits per heavy atom. The van der Waals surface area contributed by atoms with Gasteiger partial charge in [-0.3, -0.25) is 9.59 Å². The summed E-state index contributed by atoms with van der Waals surface area (Å²) in [7, 11) is 0. The third kappa shape index (κ3) is 3.52. The summed E-state index contributed by atoms with van der Waals surface area (Å²) in [4.78, 5) is 23.2. The fraction of sp³-hybridized carbons (Fsp3) is 0.500. The summed E-state index contributed by atoms with van der Waals surface area (Å²) in [5, 5.41) is 0. The predicted octanol–water partition coefficient (Wildman–Crippen LogP) is 4.07. The van der Waals surface area contributed by atoms with Crippen molar-refractivity contribution < 1.29 is 9.59 Å². The van der Waals surface area contributed by atoms with E-state index < -0.39 is 0 Å². The van der Waals surface area contributed by atoms with E-state index in [-0.39, 0.29) is 11.7 Å². The summed E-state index contributed by atoms with van der Waals surface area (Å²) in [6, 6.07) is 5.64. The number of aldehydes is 1. The third-order valence-corrected chi connectivity index (χ3v) is 3.39. The molecule has 0 saturated heterocycles. The number of ketones is 1. The maximum Gasteiger partial charge on any atom is 0.166 e. The number of hydrogen-bond acceptors (Lipinski definition) is 2. The van der Waals surface area contributed by atoms with Crippen LogP contribution in [0.15, 0.2) is 18.2 Å². The van der Waals surface area contributed by atoms with Crippen molar-refractivity contribution in [3.8, 4) is 0 Å². The molecule has 1 rings (SSSR count). The summed E-state index contributed by atoms with van der Waals surface area (Å²) in [5.74, 6) is 0.0480. The van der Waals surface area contributed by atoms with Crippen LogP contribution in [0.3, 0.4) is 0 Å². The van der Waals surface area contributed by atoms with E-state index in [2.05, 4.69) is 6.92 Å². The van der Waals surface area contributed by atoms with Gasteiger partial charge < -0.3 is 0 Å². The fourth-order valence-electron chi connectivity index (χ4n) is 1.92. The summed E-state index contributed by atoms with van der Waals surface area (Å²) >= 11 is 0. The Kier molecular flexibility index (Phi) is 5.76. The Bertz CT molecular complexity index is 421. The van der Waals surface area contributed by atoms with Gasteiger partial charge in [0.2, 0.25) is 0 Å². The van der Waals surface area contributed by atoms with Crippen LogP contribution in [0.5, 0.6) is 0 Å². The SMILES string of the molecule is CCCCc1ccc(C(=O)C(C)CC)c(C=O)c1. The van der Waals surface area contributed by atoms with Gasteiger partial charge in [-0.05, 0) is 30.9 Å². The van der Waals surface area contributed by atoms with Crippen LogP contribution in [-0.2, 0) is 6.42 Å². The molecule has 0 aliphatic carbocycles.